The molecule has 0 spiro atoms. The molecule has 11 aromatic rings. The van der Waals surface area contributed by atoms with E-state index in [4.69, 9.17) is 9.72 Å². The maximum absolute atomic E-state index is 7.27. The van der Waals surface area contributed by atoms with Gasteiger partial charge in [-0.15, -0.1) is 53.6 Å². The zero-order valence-electron chi connectivity index (χ0n) is 52.4. The molecule has 0 atom stereocenters. The second-order valence-electron chi connectivity index (χ2n) is 27.1. The van der Waals surface area contributed by atoms with E-state index in [1.54, 1.807) is 0 Å². The molecular weight excluding hydrogens is 1230 g/mol. The van der Waals surface area contributed by atoms with Gasteiger partial charge in [-0.25, -0.2) is 4.98 Å². The normalized spacial score (nSPS) is 13.0. The van der Waals surface area contributed by atoms with Crippen molar-refractivity contribution in [1.82, 2.24) is 9.55 Å². The van der Waals surface area contributed by atoms with Crippen molar-refractivity contribution in [2.45, 2.75) is 130 Å². The molecule has 9 aromatic carbocycles. The molecule has 86 heavy (non-hydrogen) atoms. The second kappa shape index (κ2) is 23.0. The quantitative estimate of drug-likeness (QED) is 0.108. The van der Waals surface area contributed by atoms with Gasteiger partial charge in [-0.2, -0.15) is 6.07 Å². The largest absolute Gasteiger partial charge is 0.509 e. The van der Waals surface area contributed by atoms with Gasteiger partial charge in [0.05, 0.1) is 0 Å². The Morgan fingerprint density at radius 2 is 1.05 bits per heavy atom. The van der Waals surface area contributed by atoms with Crippen LogP contribution in [-0.4, -0.2) is 9.55 Å². The van der Waals surface area contributed by atoms with Crippen LogP contribution in [0.2, 0.25) is 0 Å². The fraction of sp³-hybridized carbons (Fsp3) is 0.250. The van der Waals surface area contributed by atoms with Crippen molar-refractivity contribution in [3.05, 3.63) is 270 Å². The van der Waals surface area contributed by atoms with Gasteiger partial charge in [0.1, 0.15) is 5.82 Å². The smallest absolute Gasteiger partial charge is 0.135 e. The van der Waals surface area contributed by atoms with Crippen LogP contribution < -0.4 is 14.5 Å². The Hall–Kier alpha value is -7.98. The van der Waals surface area contributed by atoms with Gasteiger partial charge >= 0.3 is 0 Å². The Morgan fingerprint density at radius 1 is 0.442 bits per heavy atom. The van der Waals surface area contributed by atoms with E-state index >= 15 is 0 Å². The van der Waals surface area contributed by atoms with Crippen LogP contribution in [0.3, 0.4) is 0 Å². The van der Waals surface area contributed by atoms with E-state index in [0.717, 1.165) is 61.5 Å². The Balaban J connectivity index is 0.00000768. The van der Waals surface area contributed by atoms with Gasteiger partial charge < -0.3 is 19.1 Å². The fourth-order valence-electron chi connectivity index (χ4n) is 12.5. The minimum atomic E-state index is -0.299. The third-order valence-electron chi connectivity index (χ3n) is 17.8. The molecule has 0 saturated carbocycles. The average molecular weight is 1310 g/mol. The summed E-state index contributed by atoms with van der Waals surface area (Å²) < 4.78 is 9.54. The minimum absolute atomic E-state index is 0. The fourth-order valence-corrected chi connectivity index (χ4v) is 12.5. The summed E-state index contributed by atoms with van der Waals surface area (Å²) >= 11 is 0. The molecule has 0 unspecified atom stereocenters. The Kier molecular flexibility index (Phi) is 16.0. The summed E-state index contributed by atoms with van der Waals surface area (Å²) in [4.78, 5) is 9.78. The molecule has 0 radical (unpaired) electrons. The van der Waals surface area contributed by atoms with Crippen LogP contribution in [-0.2, 0) is 42.7 Å². The Morgan fingerprint density at radius 3 is 1.67 bits per heavy atom. The van der Waals surface area contributed by atoms with Crippen LogP contribution in [0.1, 0.15) is 153 Å². The Bertz CT molecular complexity index is 4250. The maximum Gasteiger partial charge on any atom is 0.135 e. The van der Waals surface area contributed by atoms with Crippen molar-refractivity contribution in [1.29, 1.82) is 0 Å². The van der Waals surface area contributed by atoms with Gasteiger partial charge in [-0.3, -0.25) is 0 Å². The number of nitrogens with zero attached hydrogens (tertiary/aromatic N) is 4. The average Bonchev–Trinajstić information content (AvgIpc) is 3.48. The van der Waals surface area contributed by atoms with Crippen LogP contribution in [0.4, 0.5) is 22.7 Å². The van der Waals surface area contributed by atoms with Gasteiger partial charge in [0.15, 0.2) is 0 Å². The van der Waals surface area contributed by atoms with Gasteiger partial charge in [0.2, 0.25) is 0 Å². The van der Waals surface area contributed by atoms with Gasteiger partial charge in [-0.1, -0.05) is 236 Å². The Labute approximate surface area is 526 Å². The number of benzene rings is 9. The van der Waals surface area contributed by atoms with E-state index in [1.807, 2.05) is 6.20 Å². The molecular formula is C80H79N4OPt-3. The molecule has 1 aliphatic heterocycles. The molecule has 12 rings (SSSR count). The molecule has 438 valence electrons. The van der Waals surface area contributed by atoms with E-state index in [-0.39, 0.29) is 54.6 Å². The summed E-state index contributed by atoms with van der Waals surface area (Å²) in [5.74, 6) is 2.55. The monoisotopic (exact) mass is 1310 g/mol. The summed E-state index contributed by atoms with van der Waals surface area (Å²) in [6.07, 6.45) is 1.94. The predicted octanol–water partition coefficient (Wildman–Crippen LogP) is 21.8. The van der Waals surface area contributed by atoms with Crippen LogP contribution in [0.5, 0.6) is 11.5 Å². The zero-order valence-corrected chi connectivity index (χ0v) is 54.6. The van der Waals surface area contributed by atoms with Crippen molar-refractivity contribution >= 4 is 44.6 Å². The molecule has 0 bridgehead atoms. The first-order valence-electron chi connectivity index (χ1n) is 30.3. The van der Waals surface area contributed by atoms with Crippen molar-refractivity contribution in [3.63, 3.8) is 0 Å². The molecule has 0 N–H and O–H groups in total. The topological polar surface area (TPSA) is 33.5 Å². The minimum Gasteiger partial charge on any atom is -0.509 e. The third kappa shape index (κ3) is 11.2. The van der Waals surface area contributed by atoms with E-state index in [9.17, 15) is 0 Å². The maximum atomic E-state index is 7.27. The number of pyridine rings is 1. The number of hydrogen-bond acceptors (Lipinski definition) is 4. The second-order valence-corrected chi connectivity index (χ2v) is 27.1. The summed E-state index contributed by atoms with van der Waals surface area (Å²) in [5, 5.41) is 2.21. The van der Waals surface area contributed by atoms with Crippen LogP contribution in [0.15, 0.2) is 206 Å². The zero-order chi connectivity index (χ0) is 59.7. The van der Waals surface area contributed by atoms with Crippen molar-refractivity contribution in [3.8, 4) is 39.6 Å². The van der Waals surface area contributed by atoms with Crippen LogP contribution >= 0.6 is 0 Å². The summed E-state index contributed by atoms with van der Waals surface area (Å²) in [7, 11) is 0. The predicted molar refractivity (Wildman–Crippen MR) is 358 cm³/mol. The van der Waals surface area contributed by atoms with Crippen molar-refractivity contribution in [2.75, 3.05) is 9.80 Å². The number of aromatic nitrogens is 2. The SMILES string of the molecule is CC(C)c1cccc(C(C)C)c1-c1cc(Oc2[c-]c3c(cc2)c2cc(C(C)(C)c4ccccc4)ccc2n3-c2cc(C(C)(C)C)ccn2)[c-]c(N2[CH-]N(c3cc(-c4ccccc4)cc(C(C)(C)c4ccccc4)c3)c3cc(C(C)(C)C)ccc32)c1.[Pt]. The number of fused-ring (bicyclic) bond motifs is 4. The number of hydrogen-bond donors (Lipinski definition) is 0. The molecule has 5 nitrogen and oxygen atoms in total. The number of rotatable bonds is 13. The summed E-state index contributed by atoms with van der Waals surface area (Å²) in [6, 6.07) is 81.1. The number of anilines is 4. The van der Waals surface area contributed by atoms with Gasteiger partial charge in [0.25, 0.3) is 0 Å². The molecule has 2 aromatic heterocycles. The van der Waals surface area contributed by atoms with Crippen LogP contribution in [0, 0.1) is 18.8 Å². The van der Waals surface area contributed by atoms with E-state index in [1.165, 1.54) is 55.6 Å². The van der Waals surface area contributed by atoms with E-state index in [0.29, 0.717) is 11.5 Å². The number of ether oxygens (including phenoxy) is 1. The van der Waals surface area contributed by atoms with Gasteiger partial charge in [-0.05, 0) is 132 Å². The first-order valence-corrected chi connectivity index (χ1v) is 30.3. The van der Waals surface area contributed by atoms with Crippen LogP contribution in [0.25, 0.3) is 49.9 Å². The molecule has 0 aliphatic carbocycles. The summed E-state index contributed by atoms with van der Waals surface area (Å²) in [5.41, 5.74) is 20.0. The van der Waals surface area contributed by atoms with Crippen molar-refractivity contribution < 1.29 is 25.8 Å². The van der Waals surface area contributed by atoms with Crippen molar-refractivity contribution in [2.24, 2.45) is 0 Å². The molecule has 0 fully saturated rings. The first-order chi connectivity index (χ1) is 40.5. The van der Waals surface area contributed by atoms with E-state index < -0.39 is 0 Å². The summed E-state index contributed by atoms with van der Waals surface area (Å²) in [6.45, 7) is 34.4. The third-order valence-corrected chi connectivity index (χ3v) is 17.8. The molecule has 1 aliphatic rings. The van der Waals surface area contributed by atoms with E-state index in [2.05, 4.69) is 330 Å². The molecule has 6 heteroatoms. The van der Waals surface area contributed by atoms with Gasteiger partial charge in [0, 0.05) is 72.2 Å². The molecule has 0 saturated heterocycles. The first kappa shape index (κ1) is 59.7. The molecule has 3 heterocycles. The standard InChI is InChI=1S/C80H79N4O.Pt/c1-52(2)67-31-24-32-68(53(3)4)76(67)56-43-64(82-51-83(74-47-59(77(5,6)7)33-38-72(74)82)63-42-55(54-25-18-15-19-26-54)41-62(45-63)80(13,14)58-29-22-17-23-30-58)49-66(44-56)85-65-35-36-69-70-46-61(79(11,12)57-27-20-16-21-28-57)34-37-71(70)84(73(69)50-65)75-48-60(39-40-81-75)78(8,9)10;/h15-48,51-53H,1-14H3;/q-3;. The molecule has 0 amide bonds.